The molecule has 0 bridgehead atoms. The highest BCUT2D eigenvalue weighted by Crippen LogP contribution is 2.09. The van der Waals surface area contributed by atoms with Gasteiger partial charge in [0.25, 0.3) is 5.82 Å². The molecule has 2 aromatic rings. The van der Waals surface area contributed by atoms with Crippen LogP contribution in [0.2, 0.25) is 0 Å². The number of hydrogen-bond donors (Lipinski definition) is 1. The second-order valence-electron chi connectivity index (χ2n) is 3.86. The summed E-state index contributed by atoms with van der Waals surface area (Å²) < 4.78 is 1.97. The zero-order chi connectivity index (χ0) is 12.1. The highest BCUT2D eigenvalue weighted by atomic mass is 79.9. The summed E-state index contributed by atoms with van der Waals surface area (Å²) in [7, 11) is 0. The number of rotatable bonds is 3. The maximum Gasteiger partial charge on any atom is 0.272 e. The fraction of sp³-hybridized carbons (Fsp3) is 0.143. The van der Waals surface area contributed by atoms with Gasteiger partial charge >= 0.3 is 0 Å². The minimum Gasteiger partial charge on any atom is -1.00 e. The summed E-state index contributed by atoms with van der Waals surface area (Å²) in [5, 5.41) is 8.78. The van der Waals surface area contributed by atoms with Crippen LogP contribution in [-0.4, -0.2) is 0 Å². The second kappa shape index (κ2) is 6.77. The van der Waals surface area contributed by atoms with E-state index < -0.39 is 0 Å². The molecule has 2 N–H and O–H groups in total. The molecular formula is C14H14BrN3. The zero-order valence-corrected chi connectivity index (χ0v) is 11.5. The van der Waals surface area contributed by atoms with Crippen molar-refractivity contribution in [2.24, 2.45) is 0 Å². The van der Waals surface area contributed by atoms with E-state index in [1.165, 1.54) is 0 Å². The van der Waals surface area contributed by atoms with Gasteiger partial charge in [-0.25, -0.2) is 4.57 Å². The summed E-state index contributed by atoms with van der Waals surface area (Å²) in [5.74, 6) is 0.722. The molecule has 0 atom stereocenters. The largest absolute Gasteiger partial charge is 1.00 e. The Labute approximate surface area is 117 Å². The number of aromatic nitrogens is 1. The van der Waals surface area contributed by atoms with Crippen molar-refractivity contribution in [2.45, 2.75) is 13.0 Å². The van der Waals surface area contributed by atoms with E-state index in [1.54, 1.807) is 0 Å². The van der Waals surface area contributed by atoms with E-state index in [0.29, 0.717) is 13.0 Å². The first-order valence-electron chi connectivity index (χ1n) is 5.49. The van der Waals surface area contributed by atoms with Crippen molar-refractivity contribution in [1.82, 2.24) is 0 Å². The maximum atomic E-state index is 8.78. The van der Waals surface area contributed by atoms with Crippen LogP contribution in [0, 0.1) is 11.3 Å². The topological polar surface area (TPSA) is 53.7 Å². The fourth-order valence-corrected chi connectivity index (χ4v) is 1.79. The number of benzene rings is 1. The molecule has 0 saturated heterocycles. The van der Waals surface area contributed by atoms with Crippen molar-refractivity contribution in [3.05, 3.63) is 59.8 Å². The van der Waals surface area contributed by atoms with Crippen molar-refractivity contribution in [3.63, 3.8) is 0 Å². The van der Waals surface area contributed by atoms with Crippen LogP contribution in [0.5, 0.6) is 0 Å². The minimum absolute atomic E-state index is 0. The van der Waals surface area contributed by atoms with Crippen molar-refractivity contribution in [2.75, 3.05) is 5.73 Å². The van der Waals surface area contributed by atoms with E-state index in [9.17, 15) is 0 Å². The lowest BCUT2D eigenvalue weighted by Gasteiger charge is -2.06. The van der Waals surface area contributed by atoms with Gasteiger partial charge in [-0.2, -0.15) is 5.26 Å². The molecule has 0 aliphatic rings. The van der Waals surface area contributed by atoms with Crippen LogP contribution in [-0.2, 0) is 13.0 Å². The SMILES string of the molecule is N#CCc1ccccc1C[n+]1ccccc1N.[Br-]. The van der Waals surface area contributed by atoms with Crippen LogP contribution in [0.25, 0.3) is 0 Å². The van der Waals surface area contributed by atoms with Crippen LogP contribution in [0.15, 0.2) is 48.7 Å². The summed E-state index contributed by atoms with van der Waals surface area (Å²) in [6.07, 6.45) is 2.38. The number of pyridine rings is 1. The Morgan fingerprint density at radius 2 is 1.72 bits per heavy atom. The third-order valence-electron chi connectivity index (χ3n) is 2.70. The molecule has 3 nitrogen and oxygen atoms in total. The lowest BCUT2D eigenvalue weighted by molar-refractivity contribution is -0.674. The summed E-state index contributed by atoms with van der Waals surface area (Å²) in [6, 6.07) is 15.9. The van der Waals surface area contributed by atoms with Gasteiger partial charge in [-0.3, -0.25) is 5.73 Å². The summed E-state index contributed by atoms with van der Waals surface area (Å²) >= 11 is 0. The number of nitrogens with zero attached hydrogens (tertiary/aromatic N) is 2. The molecule has 0 amide bonds. The van der Waals surface area contributed by atoms with Gasteiger partial charge in [-0.1, -0.05) is 30.3 Å². The monoisotopic (exact) mass is 303 g/mol. The predicted molar refractivity (Wildman–Crippen MR) is 65.9 cm³/mol. The Kier molecular flexibility index (Phi) is 5.34. The normalized spacial score (nSPS) is 9.28. The number of hydrogen-bond acceptors (Lipinski definition) is 2. The van der Waals surface area contributed by atoms with Gasteiger partial charge in [0.1, 0.15) is 6.54 Å². The molecule has 0 saturated carbocycles. The van der Waals surface area contributed by atoms with Gasteiger partial charge in [0.05, 0.1) is 18.7 Å². The van der Waals surface area contributed by atoms with E-state index in [2.05, 4.69) is 6.07 Å². The van der Waals surface area contributed by atoms with Gasteiger partial charge in [-0.05, 0) is 17.2 Å². The fourth-order valence-electron chi connectivity index (χ4n) is 1.79. The average Bonchev–Trinajstić information content (AvgIpc) is 2.35. The highest BCUT2D eigenvalue weighted by molar-refractivity contribution is 5.29. The number of halogens is 1. The molecule has 2 rings (SSSR count). The average molecular weight is 304 g/mol. The molecule has 0 unspecified atom stereocenters. The van der Waals surface area contributed by atoms with E-state index in [1.807, 2.05) is 53.2 Å². The van der Waals surface area contributed by atoms with E-state index in [4.69, 9.17) is 11.0 Å². The zero-order valence-electron chi connectivity index (χ0n) is 9.88. The first-order valence-corrected chi connectivity index (χ1v) is 5.49. The van der Waals surface area contributed by atoms with Gasteiger partial charge in [-0.15, -0.1) is 0 Å². The molecule has 0 aliphatic heterocycles. The number of nitriles is 1. The molecule has 1 aromatic heterocycles. The Morgan fingerprint density at radius 3 is 2.39 bits per heavy atom. The molecular weight excluding hydrogens is 290 g/mol. The predicted octanol–water partition coefficient (Wildman–Crippen LogP) is -1.33. The molecule has 4 heteroatoms. The first-order chi connectivity index (χ1) is 8.31. The Balaban J connectivity index is 0.00000162. The second-order valence-corrected chi connectivity index (χ2v) is 3.86. The molecule has 1 heterocycles. The third-order valence-corrected chi connectivity index (χ3v) is 2.70. The molecule has 18 heavy (non-hydrogen) atoms. The van der Waals surface area contributed by atoms with Gasteiger partial charge in [0.2, 0.25) is 0 Å². The van der Waals surface area contributed by atoms with Crippen molar-refractivity contribution < 1.29 is 21.5 Å². The lowest BCUT2D eigenvalue weighted by Crippen LogP contribution is -3.00. The van der Waals surface area contributed by atoms with E-state index in [-0.39, 0.29) is 17.0 Å². The number of nitrogens with two attached hydrogens (primary N) is 1. The Morgan fingerprint density at radius 1 is 1.06 bits per heavy atom. The van der Waals surface area contributed by atoms with Crippen molar-refractivity contribution >= 4 is 5.82 Å². The Hall–Kier alpha value is -1.86. The van der Waals surface area contributed by atoms with Crippen LogP contribution in [0.3, 0.4) is 0 Å². The van der Waals surface area contributed by atoms with E-state index >= 15 is 0 Å². The van der Waals surface area contributed by atoms with Gasteiger partial charge in [0.15, 0.2) is 0 Å². The Bertz CT molecular complexity index is 561. The maximum absolute atomic E-state index is 8.78. The third kappa shape index (κ3) is 3.31. The molecule has 0 spiro atoms. The van der Waals surface area contributed by atoms with Crippen LogP contribution in [0.1, 0.15) is 11.1 Å². The standard InChI is InChI=1S/C14H13N3.BrH/c15-9-8-12-5-1-2-6-13(12)11-17-10-4-3-7-14(17)16;/h1-7,10,16H,8,11H2;1H. The molecule has 1 aromatic carbocycles. The summed E-state index contributed by atoms with van der Waals surface area (Å²) in [6.45, 7) is 0.699. The van der Waals surface area contributed by atoms with Crippen molar-refractivity contribution in [1.29, 1.82) is 5.26 Å². The number of nitrogen functional groups attached to an aromatic ring is 1. The summed E-state index contributed by atoms with van der Waals surface area (Å²) in [4.78, 5) is 0. The summed E-state index contributed by atoms with van der Waals surface area (Å²) in [5.41, 5.74) is 8.09. The van der Waals surface area contributed by atoms with Crippen LogP contribution >= 0.6 is 0 Å². The van der Waals surface area contributed by atoms with Crippen molar-refractivity contribution in [3.8, 4) is 6.07 Å². The molecule has 0 aliphatic carbocycles. The quantitative estimate of drug-likeness (QED) is 0.715. The molecule has 92 valence electrons. The van der Waals surface area contributed by atoms with Crippen LogP contribution in [0.4, 0.5) is 5.82 Å². The van der Waals surface area contributed by atoms with Gasteiger partial charge < -0.3 is 17.0 Å². The number of anilines is 1. The van der Waals surface area contributed by atoms with Gasteiger partial charge in [0, 0.05) is 6.07 Å². The van der Waals surface area contributed by atoms with E-state index in [0.717, 1.165) is 16.9 Å². The highest BCUT2D eigenvalue weighted by Gasteiger charge is 2.07. The first kappa shape index (κ1) is 14.2. The minimum atomic E-state index is 0. The smallest absolute Gasteiger partial charge is 0.272 e. The van der Waals surface area contributed by atoms with Crippen LogP contribution < -0.4 is 27.3 Å². The molecule has 0 radical (unpaired) electrons. The lowest BCUT2D eigenvalue weighted by atomic mass is 10.1. The molecule has 0 fully saturated rings.